The quantitative estimate of drug-likeness (QED) is 0.683. The highest BCUT2D eigenvalue weighted by atomic mass is 32.2. The van der Waals surface area contributed by atoms with Crippen LogP contribution in [-0.4, -0.2) is 31.6 Å². The molecule has 0 aliphatic heterocycles. The summed E-state index contributed by atoms with van der Waals surface area (Å²) in [5.41, 5.74) is 0. The number of hydrogen-bond acceptors (Lipinski definition) is 3. The van der Waals surface area contributed by atoms with Crippen molar-refractivity contribution in [3.05, 3.63) is 0 Å². The van der Waals surface area contributed by atoms with Crippen LogP contribution >= 0.6 is 0 Å². The minimum absolute atomic E-state index is 0.0757. The predicted octanol–water partition coefficient (Wildman–Crippen LogP) is 0.438. The summed E-state index contributed by atoms with van der Waals surface area (Å²) in [6.07, 6.45) is 1.03. The van der Waals surface area contributed by atoms with Gasteiger partial charge in [0.1, 0.15) is 9.84 Å². The molecule has 1 atom stereocenters. The molecule has 0 aliphatic carbocycles. The van der Waals surface area contributed by atoms with E-state index in [4.69, 9.17) is 0 Å². The molecule has 0 saturated carbocycles. The first-order valence-electron chi connectivity index (χ1n) is 3.68. The van der Waals surface area contributed by atoms with E-state index in [-0.39, 0.29) is 11.7 Å². The van der Waals surface area contributed by atoms with Gasteiger partial charge in [-0.25, -0.2) is 8.42 Å². The van der Waals surface area contributed by atoms with Crippen LogP contribution in [0.2, 0.25) is 0 Å². The third-order valence-corrected chi connectivity index (χ3v) is 2.53. The molecule has 0 heterocycles. The van der Waals surface area contributed by atoms with Gasteiger partial charge in [-0.3, -0.25) is 0 Å². The first-order chi connectivity index (χ1) is 4.83. The summed E-state index contributed by atoms with van der Waals surface area (Å²) >= 11 is 0. The van der Waals surface area contributed by atoms with Crippen LogP contribution in [0.4, 0.5) is 0 Å². The molecule has 0 bridgehead atoms. The van der Waals surface area contributed by atoms with Crippen molar-refractivity contribution in [1.29, 1.82) is 0 Å². The van der Waals surface area contributed by atoms with Gasteiger partial charge in [-0.15, -0.1) is 0 Å². The molecule has 1 unspecified atom stereocenters. The SMILES string of the molecule is CC(C)C(O)CCS(C)(=O)=O. The largest absolute Gasteiger partial charge is 0.393 e. The molecule has 68 valence electrons. The first kappa shape index (κ1) is 10.9. The highest BCUT2D eigenvalue weighted by Gasteiger charge is 2.11. The van der Waals surface area contributed by atoms with Gasteiger partial charge in [0.25, 0.3) is 0 Å². The van der Waals surface area contributed by atoms with Crippen LogP contribution in [0.5, 0.6) is 0 Å². The van der Waals surface area contributed by atoms with Crippen LogP contribution in [0.3, 0.4) is 0 Å². The van der Waals surface area contributed by atoms with Crippen molar-refractivity contribution in [3.63, 3.8) is 0 Å². The lowest BCUT2D eigenvalue weighted by molar-refractivity contribution is 0.122. The fourth-order valence-electron chi connectivity index (χ4n) is 0.668. The van der Waals surface area contributed by atoms with Crippen molar-refractivity contribution in [2.24, 2.45) is 5.92 Å². The zero-order chi connectivity index (χ0) is 9.07. The summed E-state index contributed by atoms with van der Waals surface area (Å²) in [4.78, 5) is 0. The zero-order valence-electron chi connectivity index (χ0n) is 7.24. The Morgan fingerprint density at radius 3 is 2.09 bits per heavy atom. The van der Waals surface area contributed by atoms with Gasteiger partial charge < -0.3 is 5.11 Å². The summed E-state index contributed by atoms with van der Waals surface area (Å²) in [6, 6.07) is 0. The van der Waals surface area contributed by atoms with Crippen LogP contribution in [0.25, 0.3) is 0 Å². The van der Waals surface area contributed by atoms with Gasteiger partial charge in [0.15, 0.2) is 0 Å². The second-order valence-corrected chi connectivity index (χ2v) is 5.49. The molecule has 0 fully saturated rings. The third kappa shape index (κ3) is 6.31. The Morgan fingerprint density at radius 1 is 1.36 bits per heavy atom. The molecule has 0 aromatic carbocycles. The van der Waals surface area contributed by atoms with Crippen LogP contribution in [-0.2, 0) is 9.84 Å². The minimum atomic E-state index is -2.91. The fourth-order valence-corrected chi connectivity index (χ4v) is 1.34. The van der Waals surface area contributed by atoms with Crippen molar-refractivity contribution in [2.75, 3.05) is 12.0 Å². The van der Waals surface area contributed by atoms with Crippen molar-refractivity contribution >= 4 is 9.84 Å². The molecule has 1 N–H and O–H groups in total. The molecule has 0 aromatic rings. The van der Waals surface area contributed by atoms with E-state index in [1.807, 2.05) is 13.8 Å². The van der Waals surface area contributed by atoms with Crippen LogP contribution in [0.15, 0.2) is 0 Å². The van der Waals surface area contributed by atoms with E-state index in [1.165, 1.54) is 6.26 Å². The molecular weight excluding hydrogens is 164 g/mol. The summed E-state index contributed by atoms with van der Waals surface area (Å²) in [5.74, 6) is 0.212. The standard InChI is InChI=1S/C7H16O3S/c1-6(2)7(8)4-5-11(3,9)10/h6-8H,4-5H2,1-3H3. The smallest absolute Gasteiger partial charge is 0.147 e. The van der Waals surface area contributed by atoms with Crippen LogP contribution in [0.1, 0.15) is 20.3 Å². The first-order valence-corrected chi connectivity index (χ1v) is 5.75. The Labute approximate surface area is 68.3 Å². The number of aliphatic hydroxyl groups excluding tert-OH is 1. The molecule has 4 heteroatoms. The monoisotopic (exact) mass is 180 g/mol. The average molecular weight is 180 g/mol. The Morgan fingerprint density at radius 2 is 1.82 bits per heavy atom. The number of sulfone groups is 1. The van der Waals surface area contributed by atoms with E-state index in [2.05, 4.69) is 0 Å². The summed E-state index contributed by atoms with van der Waals surface area (Å²) < 4.78 is 21.3. The zero-order valence-corrected chi connectivity index (χ0v) is 8.06. The number of hydrogen-bond donors (Lipinski definition) is 1. The molecule has 0 spiro atoms. The van der Waals surface area contributed by atoms with E-state index in [9.17, 15) is 13.5 Å². The molecule has 0 saturated heterocycles. The summed E-state index contributed by atoms with van der Waals surface area (Å²) in [6.45, 7) is 3.74. The Balaban J connectivity index is 3.72. The molecule has 0 radical (unpaired) electrons. The lowest BCUT2D eigenvalue weighted by Gasteiger charge is -2.12. The third-order valence-electron chi connectivity index (χ3n) is 1.55. The van der Waals surface area contributed by atoms with Gasteiger partial charge in [0.2, 0.25) is 0 Å². The van der Waals surface area contributed by atoms with Gasteiger partial charge in [-0.1, -0.05) is 13.8 Å². The van der Waals surface area contributed by atoms with E-state index >= 15 is 0 Å². The number of aliphatic hydroxyl groups is 1. The lowest BCUT2D eigenvalue weighted by atomic mass is 10.1. The molecule has 0 amide bonds. The predicted molar refractivity (Wildman–Crippen MR) is 45.2 cm³/mol. The topological polar surface area (TPSA) is 54.4 Å². The second-order valence-electron chi connectivity index (χ2n) is 3.23. The minimum Gasteiger partial charge on any atom is -0.393 e. The summed E-state index contributed by atoms with van der Waals surface area (Å²) in [7, 11) is -2.91. The Bertz CT molecular complexity index is 194. The molecular formula is C7H16O3S. The molecule has 3 nitrogen and oxygen atoms in total. The summed E-state index contributed by atoms with van der Waals surface area (Å²) in [5, 5.41) is 9.23. The average Bonchev–Trinajstić information content (AvgIpc) is 1.80. The Hall–Kier alpha value is -0.0900. The maximum atomic E-state index is 10.6. The van der Waals surface area contributed by atoms with Gasteiger partial charge in [0, 0.05) is 6.26 Å². The molecule has 0 rings (SSSR count). The molecule has 11 heavy (non-hydrogen) atoms. The van der Waals surface area contributed by atoms with E-state index in [0.717, 1.165) is 0 Å². The van der Waals surface area contributed by atoms with Crippen molar-refractivity contribution in [1.82, 2.24) is 0 Å². The van der Waals surface area contributed by atoms with E-state index in [1.54, 1.807) is 0 Å². The van der Waals surface area contributed by atoms with Gasteiger partial charge in [-0.05, 0) is 12.3 Å². The molecule has 0 aliphatic rings. The van der Waals surface area contributed by atoms with Crippen molar-refractivity contribution in [2.45, 2.75) is 26.4 Å². The van der Waals surface area contributed by atoms with Crippen LogP contribution < -0.4 is 0 Å². The van der Waals surface area contributed by atoms with Gasteiger partial charge >= 0.3 is 0 Å². The van der Waals surface area contributed by atoms with Crippen LogP contribution in [0, 0.1) is 5.92 Å². The lowest BCUT2D eigenvalue weighted by Crippen LogP contribution is -2.19. The number of rotatable bonds is 4. The second kappa shape index (κ2) is 4.07. The van der Waals surface area contributed by atoms with Crippen molar-refractivity contribution in [3.8, 4) is 0 Å². The van der Waals surface area contributed by atoms with E-state index in [0.29, 0.717) is 6.42 Å². The van der Waals surface area contributed by atoms with Gasteiger partial charge in [-0.2, -0.15) is 0 Å². The highest BCUT2D eigenvalue weighted by molar-refractivity contribution is 7.90. The Kier molecular flexibility index (Phi) is 4.03. The molecule has 0 aromatic heterocycles. The maximum absolute atomic E-state index is 10.6. The fraction of sp³-hybridized carbons (Fsp3) is 1.00. The van der Waals surface area contributed by atoms with Gasteiger partial charge in [0.05, 0.1) is 11.9 Å². The highest BCUT2D eigenvalue weighted by Crippen LogP contribution is 2.06. The maximum Gasteiger partial charge on any atom is 0.147 e. The van der Waals surface area contributed by atoms with E-state index < -0.39 is 15.9 Å². The normalized spacial score (nSPS) is 15.4. The van der Waals surface area contributed by atoms with Crippen molar-refractivity contribution < 1.29 is 13.5 Å².